The fourth-order valence-electron chi connectivity index (χ4n) is 2.83. The Labute approximate surface area is 156 Å². The SMILES string of the molecule is COC(=O)c1cnnn1CCN1CCN(c2ccc(Cl)c(Cl)c2)CC1. The first kappa shape index (κ1) is 18.0. The molecule has 0 aliphatic carbocycles. The topological polar surface area (TPSA) is 63.5 Å². The molecule has 0 spiro atoms. The van der Waals surface area contributed by atoms with Gasteiger partial charge in [0.1, 0.15) is 0 Å². The van der Waals surface area contributed by atoms with Crippen molar-refractivity contribution in [2.75, 3.05) is 44.7 Å². The summed E-state index contributed by atoms with van der Waals surface area (Å²) in [4.78, 5) is 16.3. The van der Waals surface area contributed by atoms with Crippen molar-refractivity contribution in [1.82, 2.24) is 19.9 Å². The number of piperazine rings is 1. The van der Waals surface area contributed by atoms with Crippen LogP contribution in [0.4, 0.5) is 5.69 Å². The van der Waals surface area contributed by atoms with Crippen molar-refractivity contribution in [2.45, 2.75) is 6.54 Å². The van der Waals surface area contributed by atoms with Gasteiger partial charge in [-0.2, -0.15) is 0 Å². The Bertz CT molecular complexity index is 744. The summed E-state index contributed by atoms with van der Waals surface area (Å²) in [5.41, 5.74) is 1.45. The monoisotopic (exact) mass is 383 g/mol. The highest BCUT2D eigenvalue weighted by molar-refractivity contribution is 6.42. The maximum absolute atomic E-state index is 11.6. The van der Waals surface area contributed by atoms with Gasteiger partial charge in [0, 0.05) is 38.4 Å². The van der Waals surface area contributed by atoms with Crippen LogP contribution in [0, 0.1) is 0 Å². The number of carbonyl (C=O) groups is 1. The molecular formula is C16H19Cl2N5O2. The minimum absolute atomic E-state index is 0.372. The smallest absolute Gasteiger partial charge is 0.358 e. The number of ether oxygens (including phenoxy) is 1. The number of nitrogens with zero attached hydrogens (tertiary/aromatic N) is 5. The van der Waals surface area contributed by atoms with Crippen LogP contribution in [0.15, 0.2) is 24.4 Å². The molecule has 2 heterocycles. The number of esters is 1. The summed E-state index contributed by atoms with van der Waals surface area (Å²) in [5, 5.41) is 8.88. The van der Waals surface area contributed by atoms with Crippen molar-refractivity contribution < 1.29 is 9.53 Å². The van der Waals surface area contributed by atoms with Gasteiger partial charge in [-0.25, -0.2) is 9.48 Å². The Morgan fingerprint density at radius 2 is 1.92 bits per heavy atom. The van der Waals surface area contributed by atoms with Crippen molar-refractivity contribution in [3.63, 3.8) is 0 Å². The lowest BCUT2D eigenvalue weighted by atomic mass is 10.2. The molecule has 0 amide bonds. The largest absolute Gasteiger partial charge is 0.464 e. The second-order valence-electron chi connectivity index (χ2n) is 5.76. The van der Waals surface area contributed by atoms with Gasteiger partial charge in [0.05, 0.1) is 29.9 Å². The molecule has 2 aromatic rings. The zero-order valence-corrected chi connectivity index (χ0v) is 15.4. The quantitative estimate of drug-likeness (QED) is 0.737. The lowest BCUT2D eigenvalue weighted by molar-refractivity contribution is 0.0585. The van der Waals surface area contributed by atoms with Crippen molar-refractivity contribution in [1.29, 1.82) is 0 Å². The van der Waals surface area contributed by atoms with Crippen LogP contribution in [0.5, 0.6) is 0 Å². The lowest BCUT2D eigenvalue weighted by Gasteiger charge is -2.36. The average molecular weight is 384 g/mol. The molecule has 134 valence electrons. The first-order valence-electron chi connectivity index (χ1n) is 7.97. The van der Waals surface area contributed by atoms with Crippen LogP contribution >= 0.6 is 23.2 Å². The zero-order chi connectivity index (χ0) is 17.8. The predicted molar refractivity (Wildman–Crippen MR) is 96.5 cm³/mol. The van der Waals surface area contributed by atoms with Gasteiger partial charge in [0.25, 0.3) is 0 Å². The first-order valence-corrected chi connectivity index (χ1v) is 8.73. The number of halogens is 2. The Morgan fingerprint density at radius 1 is 1.16 bits per heavy atom. The minimum Gasteiger partial charge on any atom is -0.464 e. The van der Waals surface area contributed by atoms with Crippen LogP contribution in [0.2, 0.25) is 10.0 Å². The molecule has 3 rings (SSSR count). The van der Waals surface area contributed by atoms with Gasteiger partial charge in [-0.3, -0.25) is 4.90 Å². The van der Waals surface area contributed by atoms with Crippen molar-refractivity contribution >= 4 is 34.9 Å². The Kier molecular flexibility index (Phi) is 5.78. The van der Waals surface area contributed by atoms with E-state index in [1.807, 2.05) is 18.2 Å². The molecule has 25 heavy (non-hydrogen) atoms. The van der Waals surface area contributed by atoms with E-state index in [1.54, 1.807) is 4.68 Å². The number of rotatable bonds is 5. The van der Waals surface area contributed by atoms with Crippen LogP contribution < -0.4 is 4.90 Å². The van der Waals surface area contributed by atoms with E-state index < -0.39 is 5.97 Å². The molecular weight excluding hydrogens is 365 g/mol. The van der Waals surface area contributed by atoms with Gasteiger partial charge in [0.15, 0.2) is 5.69 Å². The van der Waals surface area contributed by atoms with Crippen LogP contribution in [0.1, 0.15) is 10.5 Å². The molecule has 1 aliphatic heterocycles. The summed E-state index contributed by atoms with van der Waals surface area (Å²) in [7, 11) is 1.35. The van der Waals surface area contributed by atoms with E-state index in [0.29, 0.717) is 22.3 Å². The van der Waals surface area contributed by atoms with E-state index >= 15 is 0 Å². The molecule has 1 fully saturated rings. The number of hydrogen-bond donors (Lipinski definition) is 0. The first-order chi connectivity index (χ1) is 12.1. The molecule has 0 bridgehead atoms. The summed E-state index contributed by atoms with van der Waals surface area (Å²) in [6.45, 7) is 5.03. The van der Waals surface area contributed by atoms with Crippen molar-refractivity contribution in [3.05, 3.63) is 40.1 Å². The summed E-state index contributed by atoms with van der Waals surface area (Å²) in [6, 6.07) is 5.71. The second kappa shape index (κ2) is 8.03. The van der Waals surface area contributed by atoms with Gasteiger partial charge in [-0.15, -0.1) is 5.10 Å². The van der Waals surface area contributed by atoms with Gasteiger partial charge >= 0.3 is 5.97 Å². The standard InChI is InChI=1S/C16H19Cl2N5O2/c1-25-16(24)15-11-19-20-23(15)9-6-21-4-7-22(8-5-21)12-2-3-13(17)14(18)10-12/h2-3,10-11H,4-9H2,1H3. The highest BCUT2D eigenvalue weighted by Crippen LogP contribution is 2.27. The summed E-state index contributed by atoms with van der Waals surface area (Å²) in [5.74, 6) is -0.422. The fourth-order valence-corrected chi connectivity index (χ4v) is 3.13. The van der Waals surface area contributed by atoms with Gasteiger partial charge in [0.2, 0.25) is 0 Å². The van der Waals surface area contributed by atoms with Gasteiger partial charge in [-0.05, 0) is 18.2 Å². The van der Waals surface area contributed by atoms with Crippen LogP contribution in [0.3, 0.4) is 0 Å². The molecule has 0 N–H and O–H groups in total. The number of carbonyl (C=O) groups excluding carboxylic acids is 1. The molecule has 0 atom stereocenters. The Balaban J connectivity index is 1.52. The van der Waals surface area contributed by atoms with E-state index in [2.05, 4.69) is 20.1 Å². The Hall–Kier alpha value is -1.83. The number of anilines is 1. The van der Waals surface area contributed by atoms with E-state index in [9.17, 15) is 4.79 Å². The van der Waals surface area contributed by atoms with E-state index in [4.69, 9.17) is 27.9 Å². The third-order valence-electron chi connectivity index (χ3n) is 4.28. The van der Waals surface area contributed by atoms with Crippen molar-refractivity contribution in [2.24, 2.45) is 0 Å². The zero-order valence-electron chi connectivity index (χ0n) is 13.9. The van der Waals surface area contributed by atoms with Crippen molar-refractivity contribution in [3.8, 4) is 0 Å². The maximum atomic E-state index is 11.6. The van der Waals surface area contributed by atoms with E-state index in [-0.39, 0.29) is 0 Å². The summed E-state index contributed by atoms with van der Waals surface area (Å²) < 4.78 is 6.31. The van der Waals surface area contributed by atoms with Gasteiger partial charge in [-0.1, -0.05) is 28.4 Å². The van der Waals surface area contributed by atoms with Crippen LogP contribution in [-0.2, 0) is 11.3 Å². The number of hydrogen-bond acceptors (Lipinski definition) is 6. The summed E-state index contributed by atoms with van der Waals surface area (Å²) >= 11 is 12.1. The molecule has 7 nitrogen and oxygen atoms in total. The summed E-state index contributed by atoms with van der Waals surface area (Å²) in [6.07, 6.45) is 1.42. The predicted octanol–water partition coefficient (Wildman–Crippen LogP) is 2.19. The fraction of sp³-hybridized carbons (Fsp3) is 0.438. The van der Waals surface area contributed by atoms with Crippen LogP contribution in [0.25, 0.3) is 0 Å². The third kappa shape index (κ3) is 4.23. The molecule has 1 saturated heterocycles. The molecule has 1 aliphatic rings. The second-order valence-corrected chi connectivity index (χ2v) is 6.58. The molecule has 1 aromatic heterocycles. The molecule has 1 aromatic carbocycles. The average Bonchev–Trinajstić information content (AvgIpc) is 3.10. The number of benzene rings is 1. The number of aromatic nitrogens is 3. The molecule has 0 radical (unpaired) electrons. The van der Waals surface area contributed by atoms with Gasteiger partial charge < -0.3 is 9.64 Å². The highest BCUT2D eigenvalue weighted by Gasteiger charge is 2.19. The molecule has 0 saturated carbocycles. The molecule has 0 unspecified atom stereocenters. The maximum Gasteiger partial charge on any atom is 0.358 e. The number of methoxy groups -OCH3 is 1. The minimum atomic E-state index is -0.422. The lowest BCUT2D eigenvalue weighted by Crippen LogP contribution is -2.47. The highest BCUT2D eigenvalue weighted by atomic mass is 35.5. The normalized spacial score (nSPS) is 15.4. The van der Waals surface area contributed by atoms with E-state index in [0.717, 1.165) is 38.4 Å². The molecule has 9 heteroatoms. The van der Waals surface area contributed by atoms with Crippen LogP contribution in [-0.4, -0.2) is 65.7 Å². The Morgan fingerprint density at radius 3 is 2.60 bits per heavy atom. The third-order valence-corrected chi connectivity index (χ3v) is 5.02. The van der Waals surface area contributed by atoms with E-state index in [1.165, 1.54) is 13.3 Å².